The molecule has 0 saturated carbocycles. The third kappa shape index (κ3) is 37.5. The summed E-state index contributed by atoms with van der Waals surface area (Å²) in [6, 6.07) is 0. The molecule has 0 aliphatic rings. The first-order valence-corrected chi connectivity index (χ1v) is 27.2. The van der Waals surface area contributed by atoms with Crippen LogP contribution in [-0.4, -0.2) is 67.9 Å². The van der Waals surface area contributed by atoms with Crippen molar-refractivity contribution in [3.63, 3.8) is 0 Å². The maximum atomic E-state index is 12.9. The number of carbonyl (C=O) groups excluding carboxylic acids is 1. The fraction of sp³-hybridized carbons (Fsp3) is 0.981. The molecule has 0 fully saturated rings. The molecule has 0 amide bonds. The van der Waals surface area contributed by atoms with Crippen LogP contribution in [0.3, 0.4) is 0 Å². The smallest absolute Gasteiger partial charge is 0.433 e. The maximum absolute atomic E-state index is 12.9. The molecule has 5 heteroatoms. The summed E-state index contributed by atoms with van der Waals surface area (Å²) in [4.78, 5) is 17.7. The minimum absolute atomic E-state index is 0.00546. The van der Waals surface area contributed by atoms with Crippen LogP contribution in [0.15, 0.2) is 0 Å². The Morgan fingerprint density at radius 3 is 1.14 bits per heavy atom. The number of ether oxygens (including phenoxy) is 2. The summed E-state index contributed by atoms with van der Waals surface area (Å²) in [5, 5.41) is 0. The highest BCUT2D eigenvalue weighted by molar-refractivity contribution is 5.60. The first kappa shape index (κ1) is 58.2. The Morgan fingerprint density at radius 2 is 0.712 bits per heavy atom. The van der Waals surface area contributed by atoms with Gasteiger partial charge in [0.2, 0.25) is 0 Å². The highest BCUT2D eigenvalue weighted by Gasteiger charge is 2.21. The highest BCUT2D eigenvalue weighted by Crippen LogP contribution is 2.34. The van der Waals surface area contributed by atoms with Crippen molar-refractivity contribution in [1.82, 2.24) is 9.80 Å². The molecule has 0 heterocycles. The van der Waals surface area contributed by atoms with Crippen molar-refractivity contribution in [2.24, 2.45) is 17.8 Å². The van der Waals surface area contributed by atoms with Crippen LogP contribution >= 0.6 is 0 Å². The van der Waals surface area contributed by atoms with Crippen LogP contribution in [-0.2, 0) is 9.47 Å². The van der Waals surface area contributed by atoms with Gasteiger partial charge in [-0.2, -0.15) is 0 Å². The molecule has 0 radical (unpaired) electrons. The van der Waals surface area contributed by atoms with Crippen LogP contribution in [0, 0.1) is 17.8 Å². The van der Waals surface area contributed by atoms with Gasteiger partial charge < -0.3 is 14.4 Å². The Kier molecular flexibility index (Phi) is 44.6. The van der Waals surface area contributed by atoms with Crippen LogP contribution in [0.5, 0.6) is 0 Å². The Hall–Kier alpha value is -0.810. The van der Waals surface area contributed by atoms with Crippen LogP contribution in [0.2, 0.25) is 0 Å². The molecular weight excluding hydrogens is 725 g/mol. The van der Waals surface area contributed by atoms with Gasteiger partial charge in [-0.05, 0) is 75.9 Å². The zero-order valence-electron chi connectivity index (χ0n) is 41.9. The first-order chi connectivity index (χ1) is 28.9. The van der Waals surface area contributed by atoms with Gasteiger partial charge in [0.25, 0.3) is 0 Å². The number of carbonyl (C=O) groups is 1. The van der Waals surface area contributed by atoms with E-state index in [0.29, 0.717) is 6.61 Å². The Labute approximate surface area is 372 Å². The van der Waals surface area contributed by atoms with Crippen molar-refractivity contribution in [3.05, 3.63) is 0 Å². The minimum atomic E-state index is -0.455. The summed E-state index contributed by atoms with van der Waals surface area (Å²) < 4.78 is 11.7. The lowest BCUT2D eigenvalue weighted by molar-refractivity contribution is 0.0119. The van der Waals surface area contributed by atoms with Gasteiger partial charge in [0.05, 0.1) is 0 Å². The lowest BCUT2D eigenvalue weighted by Gasteiger charge is -2.28. The summed E-state index contributed by atoms with van der Waals surface area (Å²) in [6.45, 7) is 24.8. The summed E-state index contributed by atoms with van der Waals surface area (Å²) in [5.41, 5.74) is 0. The molecule has 354 valence electrons. The zero-order valence-corrected chi connectivity index (χ0v) is 41.9. The number of hydrogen-bond acceptors (Lipinski definition) is 5. The second-order valence-corrected chi connectivity index (χ2v) is 19.0. The van der Waals surface area contributed by atoms with Gasteiger partial charge in [0.1, 0.15) is 12.7 Å². The fourth-order valence-corrected chi connectivity index (χ4v) is 9.52. The van der Waals surface area contributed by atoms with E-state index in [-0.39, 0.29) is 6.10 Å². The van der Waals surface area contributed by atoms with Crippen LogP contribution in [0.25, 0.3) is 0 Å². The second-order valence-electron chi connectivity index (χ2n) is 19.0. The van der Waals surface area contributed by atoms with Gasteiger partial charge in [0.15, 0.2) is 0 Å². The second kappa shape index (κ2) is 45.2. The van der Waals surface area contributed by atoms with E-state index in [9.17, 15) is 4.79 Å². The lowest BCUT2D eigenvalue weighted by atomic mass is 9.78. The monoisotopic (exact) mass is 835 g/mol. The predicted octanol–water partition coefficient (Wildman–Crippen LogP) is 17.4. The van der Waals surface area contributed by atoms with Crippen molar-refractivity contribution in [1.29, 1.82) is 0 Å². The molecule has 3 atom stereocenters. The molecule has 0 aromatic rings. The van der Waals surface area contributed by atoms with Gasteiger partial charge >= 0.3 is 6.16 Å². The van der Waals surface area contributed by atoms with Gasteiger partial charge in [-0.25, -0.2) is 4.79 Å². The fourth-order valence-electron chi connectivity index (χ4n) is 9.52. The number of nitrogens with zero attached hydrogens (tertiary/aromatic N) is 2. The molecule has 0 aliphatic heterocycles. The van der Waals surface area contributed by atoms with Gasteiger partial charge in [-0.1, -0.05) is 235 Å². The molecule has 3 unspecified atom stereocenters. The topological polar surface area (TPSA) is 42.0 Å². The van der Waals surface area contributed by atoms with Crippen molar-refractivity contribution >= 4 is 6.16 Å². The van der Waals surface area contributed by atoms with Crippen molar-refractivity contribution in [2.75, 3.05) is 45.9 Å². The SMILES string of the molecule is CCCCCCCCCC(CCCCCCCCC(CC(CCCC)CCCCCC)CC(CCCC)CCCCCC)OC(=O)OCCN(CC)CCN(CC)CC. The molecule has 0 spiro atoms. The molecule has 0 rings (SSSR count). The third-order valence-electron chi connectivity index (χ3n) is 13.7. The molecule has 0 saturated heterocycles. The number of unbranched alkanes of at least 4 members (excludes halogenated alkanes) is 19. The van der Waals surface area contributed by atoms with Gasteiger partial charge in [0, 0.05) is 19.6 Å². The molecule has 0 aromatic carbocycles. The van der Waals surface area contributed by atoms with E-state index in [1.54, 1.807) is 0 Å². The van der Waals surface area contributed by atoms with Crippen LogP contribution < -0.4 is 0 Å². The maximum Gasteiger partial charge on any atom is 0.508 e. The molecule has 0 aliphatic carbocycles. The molecular formula is C54H110N2O3. The summed E-state index contributed by atoms with van der Waals surface area (Å²) in [5.74, 6) is 2.83. The Morgan fingerprint density at radius 1 is 0.373 bits per heavy atom. The van der Waals surface area contributed by atoms with Gasteiger partial charge in [-0.15, -0.1) is 0 Å². The Bertz CT molecular complexity index is 808. The standard InChI is InChI=1S/C54H110N2O3/c1-9-17-22-25-26-30-35-42-53(59-54(57)58-47-46-56(16-8)45-44-55(14-6)15-7)43-36-31-28-27-29-34-41-52(48-50(37-20-12-4)39-32-23-18-10-2)49-51(38-21-13-5)40-33-24-19-11-3/h50-53H,9-49H2,1-8H3. The third-order valence-corrected chi connectivity index (χ3v) is 13.7. The van der Waals surface area contributed by atoms with E-state index in [2.05, 4.69) is 65.2 Å². The van der Waals surface area contributed by atoms with Crippen molar-refractivity contribution in [3.8, 4) is 0 Å². The van der Waals surface area contributed by atoms with E-state index in [0.717, 1.165) is 82.7 Å². The van der Waals surface area contributed by atoms with Crippen LogP contribution in [0.1, 0.15) is 274 Å². The van der Waals surface area contributed by atoms with E-state index in [1.165, 1.54) is 193 Å². The molecule has 0 aromatic heterocycles. The predicted molar refractivity (Wildman–Crippen MR) is 262 cm³/mol. The zero-order chi connectivity index (χ0) is 43.4. The minimum Gasteiger partial charge on any atom is -0.433 e. The quantitative estimate of drug-likeness (QED) is 0.0451. The van der Waals surface area contributed by atoms with Crippen molar-refractivity contribution in [2.45, 2.75) is 280 Å². The van der Waals surface area contributed by atoms with E-state index in [1.807, 2.05) is 0 Å². The van der Waals surface area contributed by atoms with E-state index in [4.69, 9.17) is 9.47 Å². The largest absolute Gasteiger partial charge is 0.508 e. The number of hydrogen-bond donors (Lipinski definition) is 0. The Balaban J connectivity index is 5.08. The normalized spacial score (nSPS) is 13.9. The van der Waals surface area contributed by atoms with Crippen LogP contribution in [0.4, 0.5) is 4.79 Å². The molecule has 59 heavy (non-hydrogen) atoms. The number of rotatable bonds is 47. The molecule has 0 N–H and O–H groups in total. The lowest BCUT2D eigenvalue weighted by Crippen LogP contribution is -2.37. The summed E-state index contributed by atoms with van der Waals surface area (Å²) in [7, 11) is 0. The van der Waals surface area contributed by atoms with Crippen molar-refractivity contribution < 1.29 is 14.3 Å². The highest BCUT2D eigenvalue weighted by atomic mass is 16.7. The molecule has 5 nitrogen and oxygen atoms in total. The average Bonchev–Trinajstić information content (AvgIpc) is 3.24. The van der Waals surface area contributed by atoms with E-state index >= 15 is 0 Å². The number of likely N-dealkylation sites (N-methyl/N-ethyl adjacent to an activating group) is 2. The average molecular weight is 835 g/mol. The van der Waals surface area contributed by atoms with Gasteiger partial charge in [-0.3, -0.25) is 4.90 Å². The summed E-state index contributed by atoms with van der Waals surface area (Å²) >= 11 is 0. The molecule has 0 bridgehead atoms. The summed E-state index contributed by atoms with van der Waals surface area (Å²) in [6.07, 6.45) is 45.5. The van der Waals surface area contributed by atoms with E-state index < -0.39 is 6.16 Å². The first-order valence-electron chi connectivity index (χ1n) is 27.2.